The van der Waals surface area contributed by atoms with Gasteiger partial charge in [0.2, 0.25) is 17.6 Å². The quantitative estimate of drug-likeness (QED) is 0.643. The highest BCUT2D eigenvalue weighted by molar-refractivity contribution is 5.97. The lowest BCUT2D eigenvalue weighted by atomic mass is 10.1. The van der Waals surface area contributed by atoms with E-state index in [1.807, 2.05) is 42.2 Å². The van der Waals surface area contributed by atoms with Crippen LogP contribution in [-0.4, -0.2) is 59.1 Å². The first-order chi connectivity index (χ1) is 15.5. The lowest BCUT2D eigenvalue weighted by molar-refractivity contribution is -0.133. The van der Waals surface area contributed by atoms with Crippen LogP contribution in [0.4, 0.5) is 5.69 Å². The predicted molar refractivity (Wildman–Crippen MR) is 121 cm³/mol. The van der Waals surface area contributed by atoms with Gasteiger partial charge in [0.15, 0.2) is 0 Å². The first kappa shape index (κ1) is 21.5. The SMILES string of the molecule is CCc1nc(-c2ccc(N3CCN(C(=O)[C@H](C)NC(=O)c4ccccc4)CC3)cc2)no1. The maximum Gasteiger partial charge on any atom is 0.251 e. The van der Waals surface area contributed by atoms with E-state index < -0.39 is 6.04 Å². The Morgan fingerprint density at radius 3 is 2.34 bits per heavy atom. The molecule has 1 N–H and O–H groups in total. The van der Waals surface area contributed by atoms with E-state index in [0.29, 0.717) is 36.8 Å². The van der Waals surface area contributed by atoms with E-state index in [1.54, 1.807) is 31.2 Å². The first-order valence-electron chi connectivity index (χ1n) is 10.9. The zero-order valence-corrected chi connectivity index (χ0v) is 18.3. The van der Waals surface area contributed by atoms with Gasteiger partial charge in [0.1, 0.15) is 6.04 Å². The van der Waals surface area contributed by atoms with Crippen molar-refractivity contribution in [3.8, 4) is 11.4 Å². The monoisotopic (exact) mass is 433 g/mol. The molecule has 4 rings (SSSR count). The van der Waals surface area contributed by atoms with E-state index in [-0.39, 0.29) is 11.8 Å². The number of aryl methyl sites for hydroxylation is 1. The summed E-state index contributed by atoms with van der Waals surface area (Å²) in [6.45, 7) is 6.38. The number of carbonyl (C=O) groups is 2. The summed E-state index contributed by atoms with van der Waals surface area (Å²) in [7, 11) is 0. The van der Waals surface area contributed by atoms with E-state index in [9.17, 15) is 9.59 Å². The number of benzene rings is 2. The second-order valence-corrected chi connectivity index (χ2v) is 7.79. The van der Waals surface area contributed by atoms with Gasteiger partial charge in [-0.2, -0.15) is 4.98 Å². The van der Waals surface area contributed by atoms with Crippen LogP contribution in [0.2, 0.25) is 0 Å². The molecule has 8 nitrogen and oxygen atoms in total. The minimum Gasteiger partial charge on any atom is -0.368 e. The molecule has 2 heterocycles. The van der Waals surface area contributed by atoms with Gasteiger partial charge in [-0.15, -0.1) is 0 Å². The zero-order chi connectivity index (χ0) is 22.5. The van der Waals surface area contributed by atoms with Crippen LogP contribution in [0, 0.1) is 0 Å². The Bertz CT molecular complexity index is 1060. The van der Waals surface area contributed by atoms with Crippen LogP contribution in [0.25, 0.3) is 11.4 Å². The topological polar surface area (TPSA) is 91.6 Å². The molecule has 1 aliphatic heterocycles. The van der Waals surface area contributed by atoms with Crippen LogP contribution >= 0.6 is 0 Å². The molecular weight excluding hydrogens is 406 g/mol. The number of aromatic nitrogens is 2. The van der Waals surface area contributed by atoms with Crippen molar-refractivity contribution in [3.05, 3.63) is 66.1 Å². The van der Waals surface area contributed by atoms with Gasteiger partial charge >= 0.3 is 0 Å². The highest BCUT2D eigenvalue weighted by Gasteiger charge is 2.26. The molecule has 2 amide bonds. The van der Waals surface area contributed by atoms with E-state index in [0.717, 1.165) is 24.3 Å². The molecule has 0 saturated carbocycles. The Hall–Kier alpha value is -3.68. The molecule has 1 aromatic heterocycles. The third-order valence-corrected chi connectivity index (χ3v) is 5.61. The molecule has 0 bridgehead atoms. The van der Waals surface area contributed by atoms with Crippen LogP contribution in [0.1, 0.15) is 30.1 Å². The Balaban J connectivity index is 1.30. The lowest BCUT2D eigenvalue weighted by Gasteiger charge is -2.37. The lowest BCUT2D eigenvalue weighted by Crippen LogP contribution is -2.54. The van der Waals surface area contributed by atoms with Crippen molar-refractivity contribution in [2.24, 2.45) is 0 Å². The molecule has 1 aliphatic rings. The minimum absolute atomic E-state index is 0.0619. The molecule has 1 saturated heterocycles. The number of piperazine rings is 1. The summed E-state index contributed by atoms with van der Waals surface area (Å²) in [4.78, 5) is 33.5. The molecule has 0 unspecified atom stereocenters. The third-order valence-electron chi connectivity index (χ3n) is 5.61. The summed E-state index contributed by atoms with van der Waals surface area (Å²) >= 11 is 0. The number of amides is 2. The Morgan fingerprint density at radius 2 is 1.72 bits per heavy atom. The Morgan fingerprint density at radius 1 is 1.03 bits per heavy atom. The van der Waals surface area contributed by atoms with Crippen molar-refractivity contribution < 1.29 is 14.1 Å². The second-order valence-electron chi connectivity index (χ2n) is 7.79. The molecule has 0 spiro atoms. The van der Waals surface area contributed by atoms with Crippen molar-refractivity contribution in [3.63, 3.8) is 0 Å². The summed E-state index contributed by atoms with van der Waals surface area (Å²) in [6, 6.07) is 16.4. The van der Waals surface area contributed by atoms with Gasteiger partial charge < -0.3 is 19.6 Å². The molecule has 3 aromatic rings. The molecule has 0 aliphatic carbocycles. The van der Waals surface area contributed by atoms with Crippen LogP contribution < -0.4 is 10.2 Å². The number of nitrogens with zero attached hydrogens (tertiary/aromatic N) is 4. The summed E-state index contributed by atoms with van der Waals surface area (Å²) in [6.07, 6.45) is 0.711. The highest BCUT2D eigenvalue weighted by atomic mass is 16.5. The molecule has 1 atom stereocenters. The average Bonchev–Trinajstić information content (AvgIpc) is 3.34. The Labute approximate surface area is 187 Å². The minimum atomic E-state index is -0.573. The number of hydrogen-bond acceptors (Lipinski definition) is 6. The van der Waals surface area contributed by atoms with Crippen molar-refractivity contribution in [2.75, 3.05) is 31.1 Å². The number of anilines is 1. The van der Waals surface area contributed by atoms with Gasteiger partial charge in [0, 0.05) is 49.4 Å². The zero-order valence-electron chi connectivity index (χ0n) is 18.3. The molecule has 8 heteroatoms. The summed E-state index contributed by atoms with van der Waals surface area (Å²) < 4.78 is 5.18. The number of carbonyl (C=O) groups excluding carboxylic acids is 2. The molecule has 0 radical (unpaired) electrons. The van der Waals surface area contributed by atoms with Gasteiger partial charge in [-0.05, 0) is 43.3 Å². The summed E-state index contributed by atoms with van der Waals surface area (Å²) in [5.41, 5.74) is 2.55. The number of rotatable bonds is 6. The Kier molecular flexibility index (Phi) is 6.49. The van der Waals surface area contributed by atoms with Gasteiger partial charge in [0.05, 0.1) is 0 Å². The van der Waals surface area contributed by atoms with Gasteiger partial charge in [-0.1, -0.05) is 30.3 Å². The van der Waals surface area contributed by atoms with Crippen LogP contribution in [0.5, 0.6) is 0 Å². The van der Waals surface area contributed by atoms with Crippen molar-refractivity contribution >= 4 is 17.5 Å². The predicted octanol–water partition coefficient (Wildman–Crippen LogP) is 2.77. The van der Waals surface area contributed by atoms with E-state index in [2.05, 4.69) is 20.4 Å². The van der Waals surface area contributed by atoms with E-state index in [1.165, 1.54) is 0 Å². The van der Waals surface area contributed by atoms with E-state index >= 15 is 0 Å². The number of hydrogen-bond donors (Lipinski definition) is 1. The fourth-order valence-corrected chi connectivity index (χ4v) is 3.73. The molecule has 1 fully saturated rings. The summed E-state index contributed by atoms with van der Waals surface area (Å²) in [5.74, 6) is 0.917. The van der Waals surface area contributed by atoms with Crippen molar-refractivity contribution in [1.82, 2.24) is 20.4 Å². The standard InChI is InChI=1S/C24H27N5O3/c1-3-21-26-22(27-32-21)18-9-11-20(12-10-18)28-13-15-29(16-14-28)24(31)17(2)25-23(30)19-7-5-4-6-8-19/h4-12,17H,3,13-16H2,1-2H3,(H,25,30)/t17-/m0/s1. The van der Waals surface area contributed by atoms with Crippen molar-refractivity contribution in [1.29, 1.82) is 0 Å². The van der Waals surface area contributed by atoms with Crippen molar-refractivity contribution in [2.45, 2.75) is 26.3 Å². The average molecular weight is 434 g/mol. The maximum atomic E-state index is 12.8. The second kappa shape index (κ2) is 9.64. The fourth-order valence-electron chi connectivity index (χ4n) is 3.73. The molecule has 32 heavy (non-hydrogen) atoms. The van der Waals surface area contributed by atoms with Crippen LogP contribution in [0.3, 0.4) is 0 Å². The first-order valence-corrected chi connectivity index (χ1v) is 10.9. The van der Waals surface area contributed by atoms with Crippen LogP contribution in [0.15, 0.2) is 59.1 Å². The fraction of sp³-hybridized carbons (Fsp3) is 0.333. The van der Waals surface area contributed by atoms with Gasteiger partial charge in [0.25, 0.3) is 5.91 Å². The van der Waals surface area contributed by atoms with Crippen LogP contribution in [-0.2, 0) is 11.2 Å². The highest BCUT2D eigenvalue weighted by Crippen LogP contribution is 2.22. The number of nitrogens with one attached hydrogen (secondary N) is 1. The third kappa shape index (κ3) is 4.80. The van der Waals surface area contributed by atoms with E-state index in [4.69, 9.17) is 4.52 Å². The molecule has 166 valence electrons. The largest absolute Gasteiger partial charge is 0.368 e. The van der Waals surface area contributed by atoms with Gasteiger partial charge in [-0.25, -0.2) is 0 Å². The maximum absolute atomic E-state index is 12.8. The van der Waals surface area contributed by atoms with Gasteiger partial charge in [-0.3, -0.25) is 9.59 Å². The smallest absolute Gasteiger partial charge is 0.251 e. The molecule has 2 aromatic carbocycles. The summed E-state index contributed by atoms with van der Waals surface area (Å²) in [5, 5.41) is 6.81. The molecular formula is C24H27N5O3. The normalized spacial score (nSPS) is 14.8.